The minimum absolute atomic E-state index is 0.0965. The summed E-state index contributed by atoms with van der Waals surface area (Å²) in [6.45, 7) is 2.18. The zero-order valence-corrected chi connectivity index (χ0v) is 15.5. The molecule has 0 fully saturated rings. The largest absolute Gasteiger partial charge is 0.389 e. The van der Waals surface area contributed by atoms with Gasteiger partial charge in [-0.1, -0.05) is 60.7 Å². The number of aliphatic hydroxyl groups excluding tert-OH is 1. The van der Waals surface area contributed by atoms with Crippen molar-refractivity contribution < 1.29 is 14.7 Å². The lowest BCUT2D eigenvalue weighted by Crippen LogP contribution is -2.48. The molecule has 0 aromatic heterocycles. The number of aliphatic hydroxyl groups is 1. The van der Waals surface area contributed by atoms with Crippen LogP contribution < -0.4 is 10.4 Å². The van der Waals surface area contributed by atoms with Crippen LogP contribution in [0.3, 0.4) is 0 Å². The third-order valence-electron chi connectivity index (χ3n) is 4.50. The lowest BCUT2D eigenvalue weighted by atomic mass is 10.0. The molecule has 0 saturated heterocycles. The highest BCUT2D eigenvalue weighted by molar-refractivity contribution is 5.94. The van der Waals surface area contributed by atoms with Gasteiger partial charge in [0.25, 0.3) is 5.91 Å². The highest BCUT2D eigenvalue weighted by atomic mass is 16.7. The summed E-state index contributed by atoms with van der Waals surface area (Å²) in [5.41, 5.74) is 3.07. The van der Waals surface area contributed by atoms with E-state index in [1.807, 2.05) is 48.5 Å². The average molecular weight is 366 g/mol. The van der Waals surface area contributed by atoms with Crippen molar-refractivity contribution >= 4 is 11.6 Å². The second-order valence-electron chi connectivity index (χ2n) is 6.65. The number of allylic oxidation sites excluding steroid dienone is 1. The molecule has 2 N–H and O–H groups in total. The van der Waals surface area contributed by atoms with E-state index in [1.165, 1.54) is 10.6 Å². The summed E-state index contributed by atoms with van der Waals surface area (Å²) < 4.78 is 0. The number of benzene rings is 2. The average Bonchev–Trinajstić information content (AvgIpc) is 2.69. The number of aryl methyl sites for hydroxylation is 1. The Hall–Kier alpha value is -2.47. The maximum Gasteiger partial charge on any atom is 0.251 e. The summed E-state index contributed by atoms with van der Waals surface area (Å²) in [5, 5.41) is 14.5. The highest BCUT2D eigenvalue weighted by Gasteiger charge is 2.28. The van der Waals surface area contributed by atoms with E-state index < -0.39 is 12.3 Å². The fourth-order valence-corrected chi connectivity index (χ4v) is 3.02. The van der Waals surface area contributed by atoms with Crippen LogP contribution in [0.2, 0.25) is 0 Å². The van der Waals surface area contributed by atoms with Crippen LogP contribution in [0.4, 0.5) is 5.69 Å². The van der Waals surface area contributed by atoms with Crippen molar-refractivity contribution in [1.29, 1.82) is 0 Å². The maximum atomic E-state index is 12.3. The molecule has 3 rings (SSSR count). The first-order chi connectivity index (χ1) is 13.1. The number of hydrogen-bond acceptors (Lipinski definition) is 4. The van der Waals surface area contributed by atoms with Crippen molar-refractivity contribution in [2.24, 2.45) is 0 Å². The van der Waals surface area contributed by atoms with Crippen molar-refractivity contribution in [3.63, 3.8) is 0 Å². The van der Waals surface area contributed by atoms with Crippen molar-refractivity contribution in [3.05, 3.63) is 77.9 Å². The van der Waals surface area contributed by atoms with E-state index in [4.69, 9.17) is 4.84 Å². The molecule has 2 unspecified atom stereocenters. The number of carbonyl (C=O) groups is 1. The van der Waals surface area contributed by atoms with Crippen LogP contribution >= 0.6 is 0 Å². The smallest absolute Gasteiger partial charge is 0.251 e. The second kappa shape index (κ2) is 9.46. The van der Waals surface area contributed by atoms with Gasteiger partial charge in [0.15, 0.2) is 6.23 Å². The maximum absolute atomic E-state index is 12.3. The Morgan fingerprint density at radius 2 is 1.85 bits per heavy atom. The van der Waals surface area contributed by atoms with E-state index in [1.54, 1.807) is 6.92 Å². The summed E-state index contributed by atoms with van der Waals surface area (Å²) in [5.74, 6) is -0.0965. The van der Waals surface area contributed by atoms with Crippen LogP contribution in [-0.4, -0.2) is 29.9 Å². The van der Waals surface area contributed by atoms with E-state index in [2.05, 4.69) is 23.5 Å². The number of amides is 1. The number of hydrogen-bond donors (Lipinski definition) is 2. The Bertz CT molecular complexity index is 774. The molecule has 1 amide bonds. The molecule has 5 nitrogen and oxygen atoms in total. The number of hydroxylamine groups is 1. The minimum Gasteiger partial charge on any atom is -0.389 e. The van der Waals surface area contributed by atoms with Crippen molar-refractivity contribution in [2.75, 3.05) is 11.6 Å². The third kappa shape index (κ3) is 5.26. The molecular weight excluding hydrogens is 340 g/mol. The Morgan fingerprint density at radius 1 is 1.11 bits per heavy atom. The molecule has 0 aliphatic carbocycles. The lowest BCUT2D eigenvalue weighted by Gasteiger charge is -2.32. The van der Waals surface area contributed by atoms with Crippen molar-refractivity contribution in [1.82, 2.24) is 5.32 Å². The van der Waals surface area contributed by atoms with E-state index in [-0.39, 0.29) is 5.91 Å². The first kappa shape index (κ1) is 19.3. The highest BCUT2D eigenvalue weighted by Crippen LogP contribution is 2.28. The lowest BCUT2D eigenvalue weighted by molar-refractivity contribution is -0.134. The number of nitrogens with one attached hydrogen (secondary N) is 1. The number of anilines is 1. The predicted octanol–water partition coefficient (Wildman–Crippen LogP) is 2.99. The molecular formula is C22H26N2O3. The summed E-state index contributed by atoms with van der Waals surface area (Å²) in [4.78, 5) is 18.2. The number of para-hydroxylation sites is 1. The Kier molecular flexibility index (Phi) is 6.76. The van der Waals surface area contributed by atoms with Crippen LogP contribution in [0.15, 0.2) is 66.7 Å². The first-order valence-corrected chi connectivity index (χ1v) is 9.33. The van der Waals surface area contributed by atoms with Crippen LogP contribution in [0.1, 0.15) is 24.5 Å². The predicted molar refractivity (Wildman–Crippen MR) is 106 cm³/mol. The van der Waals surface area contributed by atoms with Gasteiger partial charge in [-0.15, -0.1) is 0 Å². The van der Waals surface area contributed by atoms with Gasteiger partial charge in [0.1, 0.15) is 0 Å². The van der Waals surface area contributed by atoms with Crippen molar-refractivity contribution in [2.45, 2.75) is 38.5 Å². The van der Waals surface area contributed by atoms with Gasteiger partial charge >= 0.3 is 0 Å². The molecule has 0 radical (unpaired) electrons. The Balaban J connectivity index is 1.57. The number of rotatable bonds is 8. The summed E-state index contributed by atoms with van der Waals surface area (Å²) in [6.07, 6.45) is 4.59. The number of carbonyl (C=O) groups excluding carboxylic acids is 1. The fraction of sp³-hybridized carbons (Fsp3) is 0.318. The van der Waals surface area contributed by atoms with E-state index in [9.17, 15) is 9.90 Å². The van der Waals surface area contributed by atoms with Crippen molar-refractivity contribution in [3.8, 4) is 0 Å². The molecule has 0 saturated carbocycles. The van der Waals surface area contributed by atoms with Crippen LogP contribution in [-0.2, 0) is 22.5 Å². The zero-order chi connectivity index (χ0) is 19.1. The molecule has 0 bridgehead atoms. The van der Waals surface area contributed by atoms with Gasteiger partial charge in [0, 0.05) is 13.0 Å². The quantitative estimate of drug-likeness (QED) is 0.557. The van der Waals surface area contributed by atoms with Gasteiger partial charge in [0.2, 0.25) is 0 Å². The number of nitrogens with zero attached hydrogens (tertiary/aromatic N) is 1. The molecule has 1 heterocycles. The minimum atomic E-state index is -0.769. The van der Waals surface area contributed by atoms with Crippen LogP contribution in [0.5, 0.6) is 0 Å². The second-order valence-corrected chi connectivity index (χ2v) is 6.65. The molecule has 2 atom stereocenters. The normalized spacial score (nSPS) is 16.4. The van der Waals surface area contributed by atoms with Gasteiger partial charge in [-0.2, -0.15) is 5.06 Å². The molecule has 1 aliphatic rings. The summed E-state index contributed by atoms with van der Waals surface area (Å²) >= 11 is 0. The first-order valence-electron chi connectivity index (χ1n) is 9.33. The Labute approximate surface area is 160 Å². The van der Waals surface area contributed by atoms with Gasteiger partial charge < -0.3 is 5.11 Å². The van der Waals surface area contributed by atoms with Gasteiger partial charge in [-0.05, 0) is 37.0 Å². The van der Waals surface area contributed by atoms with Gasteiger partial charge in [-0.25, -0.2) is 4.84 Å². The summed E-state index contributed by atoms with van der Waals surface area (Å²) in [6, 6.07) is 17.9. The zero-order valence-electron chi connectivity index (χ0n) is 15.5. The molecule has 5 heteroatoms. The summed E-state index contributed by atoms with van der Waals surface area (Å²) in [7, 11) is 0. The van der Waals surface area contributed by atoms with E-state index >= 15 is 0 Å². The van der Waals surface area contributed by atoms with Gasteiger partial charge in [0.05, 0.1) is 11.8 Å². The van der Waals surface area contributed by atoms with Crippen LogP contribution in [0.25, 0.3) is 0 Å². The van der Waals surface area contributed by atoms with Crippen LogP contribution in [0, 0.1) is 0 Å². The SMILES string of the molecule is CC(O)C(NCC=CCc1ccccc1)ON1C(=O)CCc2ccccc21. The molecule has 142 valence electrons. The van der Waals surface area contributed by atoms with E-state index in [0.717, 1.165) is 17.7 Å². The topological polar surface area (TPSA) is 61.8 Å². The fourth-order valence-electron chi connectivity index (χ4n) is 3.02. The Morgan fingerprint density at radius 3 is 2.63 bits per heavy atom. The molecule has 2 aromatic rings. The molecule has 0 spiro atoms. The number of fused-ring (bicyclic) bond motifs is 1. The molecule has 1 aliphatic heterocycles. The molecule has 2 aromatic carbocycles. The monoisotopic (exact) mass is 366 g/mol. The third-order valence-corrected chi connectivity index (χ3v) is 4.50. The van der Waals surface area contributed by atoms with E-state index in [0.29, 0.717) is 19.4 Å². The molecule has 27 heavy (non-hydrogen) atoms. The standard InChI is InChI=1S/C22H26N2O3/c1-17(25)22(23-16-8-7-11-18-9-3-2-4-10-18)27-24-20-13-6-5-12-19(20)14-15-21(24)26/h2-10,12-13,17,22-23,25H,11,14-16H2,1H3. The van der Waals surface area contributed by atoms with Gasteiger partial charge in [-0.3, -0.25) is 10.1 Å².